The summed E-state index contributed by atoms with van der Waals surface area (Å²) in [7, 11) is 0. The normalized spacial score (nSPS) is 15.6. The Balaban J connectivity index is 0.00000176. The minimum Gasteiger partial charge on any atom is -0.674 e. The fraction of sp³-hybridized carbons (Fsp3) is 0.400. The maximum Gasteiger partial charge on any atom is 0.186 e. The maximum absolute atomic E-state index is 7.34. The van der Waals surface area contributed by atoms with Crippen molar-refractivity contribution in [2.75, 3.05) is 31.1 Å². The number of rotatable bonds is 4. The molecule has 0 unspecified atom stereocenters. The van der Waals surface area contributed by atoms with E-state index in [1.165, 1.54) is 5.56 Å². The summed E-state index contributed by atoms with van der Waals surface area (Å²) in [4.78, 5) is 9.11. The van der Waals surface area contributed by atoms with Crippen molar-refractivity contribution >= 4 is 28.1 Å². The average molecular weight is 549 g/mol. The molecule has 4 nitrogen and oxygen atoms in total. The van der Waals surface area contributed by atoms with E-state index in [-0.39, 0.29) is 44.1 Å². The van der Waals surface area contributed by atoms with Crippen molar-refractivity contribution in [2.45, 2.75) is 13.1 Å². The molecule has 1 saturated heterocycles. The summed E-state index contributed by atoms with van der Waals surface area (Å²) in [6.07, 6.45) is 1.72. The summed E-state index contributed by atoms with van der Waals surface area (Å²) >= 11 is 7.49. The van der Waals surface area contributed by atoms with Gasteiger partial charge < -0.3 is 10.6 Å². The fourth-order valence-electron chi connectivity index (χ4n) is 2.51. The molecule has 3 rings (SSSR count). The summed E-state index contributed by atoms with van der Waals surface area (Å²) < 4.78 is 0.752. The minimum absolute atomic E-state index is 0. The number of thiazole rings is 1. The summed E-state index contributed by atoms with van der Waals surface area (Å²) in [5, 5.41) is 1.03. The number of hydrogen-bond donors (Lipinski definition) is 0. The van der Waals surface area contributed by atoms with Gasteiger partial charge in [0, 0.05) is 76.8 Å². The first kappa shape index (κ1) is 18.6. The minimum atomic E-state index is 0. The zero-order valence-corrected chi connectivity index (χ0v) is 18.7. The van der Waals surface area contributed by atoms with E-state index in [1.807, 2.05) is 0 Å². The topological polar surface area (TPSA) is 43.2 Å². The van der Waals surface area contributed by atoms with Crippen molar-refractivity contribution in [3.05, 3.63) is 51.7 Å². The molecule has 1 N–H and O–H groups in total. The van der Waals surface area contributed by atoms with Gasteiger partial charge >= 0.3 is 0 Å². The van der Waals surface area contributed by atoms with Gasteiger partial charge in [0.1, 0.15) is 4.34 Å². The van der Waals surface area contributed by atoms with E-state index >= 15 is 0 Å². The molecule has 0 atom stereocenters. The van der Waals surface area contributed by atoms with Crippen LogP contribution < -0.4 is 4.90 Å². The van der Waals surface area contributed by atoms with Gasteiger partial charge in [-0.05, 0) is 5.56 Å². The van der Waals surface area contributed by atoms with Crippen molar-refractivity contribution in [1.29, 1.82) is 0 Å². The van der Waals surface area contributed by atoms with E-state index in [1.54, 1.807) is 17.5 Å². The Morgan fingerprint density at radius 1 is 1.09 bits per heavy atom. The molecule has 1 fully saturated rings. The van der Waals surface area contributed by atoms with E-state index in [4.69, 9.17) is 17.3 Å². The monoisotopic (exact) mass is 548 g/mol. The predicted octanol–water partition coefficient (Wildman–Crippen LogP) is 3.67. The van der Waals surface area contributed by atoms with Crippen LogP contribution >= 0.6 is 22.9 Å². The van der Waals surface area contributed by atoms with Gasteiger partial charge in [-0.1, -0.05) is 52.8 Å². The number of piperazine rings is 1. The van der Waals surface area contributed by atoms with E-state index < -0.39 is 0 Å². The Labute approximate surface area is 176 Å². The molecule has 0 amide bonds. The predicted molar refractivity (Wildman–Crippen MR) is 89.1 cm³/mol. The van der Waals surface area contributed by atoms with Crippen LogP contribution in [-0.2, 0) is 13.1 Å². The smallest absolute Gasteiger partial charge is 0.186 e. The van der Waals surface area contributed by atoms with Gasteiger partial charge in [-0.3, -0.25) is 4.90 Å². The van der Waals surface area contributed by atoms with Gasteiger partial charge in [0.25, 0.3) is 0 Å². The Bertz CT molecular complexity index is 581. The van der Waals surface area contributed by atoms with Crippen LogP contribution in [-0.4, -0.2) is 36.1 Å². The van der Waals surface area contributed by atoms with E-state index in [9.17, 15) is 0 Å². The number of benzene rings is 1. The number of anilines is 1. The van der Waals surface area contributed by atoms with Crippen LogP contribution in [0, 0.1) is 44.1 Å². The molecule has 115 valence electrons. The third-order valence-corrected chi connectivity index (χ3v) is 4.92. The second-order valence-corrected chi connectivity index (χ2v) is 6.84. The van der Waals surface area contributed by atoms with Crippen LogP contribution in [0.1, 0.15) is 11.1 Å². The van der Waals surface area contributed by atoms with Crippen molar-refractivity contribution in [1.82, 2.24) is 9.88 Å². The molecule has 1 radical (unpaired) electrons. The molecular formula is C15H18AcClN4S-. The fourth-order valence-corrected chi connectivity index (χ4v) is 3.46. The Morgan fingerprint density at radius 2 is 1.73 bits per heavy atom. The van der Waals surface area contributed by atoms with Gasteiger partial charge in [-0.15, -0.1) is 6.54 Å². The molecule has 7 heteroatoms. The molecule has 22 heavy (non-hydrogen) atoms. The second kappa shape index (κ2) is 8.96. The van der Waals surface area contributed by atoms with Crippen molar-refractivity contribution in [3.8, 4) is 0 Å². The first-order valence-corrected chi connectivity index (χ1v) is 8.25. The third-order valence-electron chi connectivity index (χ3n) is 3.74. The van der Waals surface area contributed by atoms with Gasteiger partial charge in [-0.2, -0.15) is 0 Å². The maximum atomic E-state index is 7.34. The molecule has 0 saturated carbocycles. The summed E-state index contributed by atoms with van der Waals surface area (Å²) in [5.74, 6) is 0. The number of nitrogens with one attached hydrogen (secondary N) is 1. The van der Waals surface area contributed by atoms with Crippen LogP contribution in [0.15, 0.2) is 30.5 Å². The molecule has 1 aliphatic rings. The zero-order valence-electron chi connectivity index (χ0n) is 12.3. The Hall–Kier alpha value is 0.302. The third kappa shape index (κ3) is 4.90. The summed E-state index contributed by atoms with van der Waals surface area (Å²) in [6, 6.07) is 8.37. The summed E-state index contributed by atoms with van der Waals surface area (Å²) in [5.41, 5.74) is 9.73. The van der Waals surface area contributed by atoms with E-state index in [0.717, 1.165) is 47.8 Å². The first-order chi connectivity index (χ1) is 10.2. The molecule has 1 aromatic carbocycles. The quantitative estimate of drug-likeness (QED) is 0.586. The Morgan fingerprint density at radius 3 is 2.27 bits per heavy atom. The van der Waals surface area contributed by atoms with Gasteiger partial charge in [0.05, 0.1) is 6.20 Å². The van der Waals surface area contributed by atoms with Crippen LogP contribution in [0.5, 0.6) is 0 Å². The van der Waals surface area contributed by atoms with E-state index in [2.05, 4.69) is 39.0 Å². The van der Waals surface area contributed by atoms with Gasteiger partial charge in [0.2, 0.25) is 0 Å². The van der Waals surface area contributed by atoms with Crippen molar-refractivity contribution in [2.24, 2.45) is 0 Å². The number of halogens is 1. The molecule has 1 aliphatic heterocycles. The van der Waals surface area contributed by atoms with Gasteiger partial charge in [0.15, 0.2) is 5.13 Å². The number of nitrogens with zero attached hydrogens (tertiary/aromatic N) is 3. The molecule has 2 aromatic rings. The molecule has 1 aromatic heterocycles. The number of hydrogen-bond acceptors (Lipinski definition) is 4. The zero-order chi connectivity index (χ0) is 14.7. The van der Waals surface area contributed by atoms with Crippen molar-refractivity contribution < 1.29 is 44.1 Å². The van der Waals surface area contributed by atoms with Crippen LogP contribution in [0.3, 0.4) is 0 Å². The molecular weight excluding hydrogens is 531 g/mol. The van der Waals surface area contributed by atoms with Crippen LogP contribution in [0.2, 0.25) is 4.34 Å². The average Bonchev–Trinajstić information content (AvgIpc) is 2.95. The standard InChI is InChI=1S/C15H18ClN4S.Ac/c16-14-10-18-15(21-14)20-7-5-19(6-8-20)11-13-3-1-12(9-17)2-4-13;/h1-4,10,17H,5-9,11H2;/q-1;. The molecule has 0 aliphatic carbocycles. The first-order valence-electron chi connectivity index (χ1n) is 7.05. The molecule has 0 bridgehead atoms. The molecule has 2 heterocycles. The molecule has 0 spiro atoms. The van der Waals surface area contributed by atoms with Crippen LogP contribution in [0.25, 0.3) is 5.73 Å². The summed E-state index contributed by atoms with van der Waals surface area (Å²) in [6.45, 7) is 5.40. The van der Waals surface area contributed by atoms with Crippen molar-refractivity contribution in [3.63, 3.8) is 0 Å². The SMILES string of the molecule is [Ac].[NH-]Cc1ccc(CN2CCN(c3ncc(Cl)s3)CC2)cc1. The largest absolute Gasteiger partial charge is 0.674 e. The second-order valence-electron chi connectivity index (χ2n) is 5.20. The number of aromatic nitrogens is 1. The Kier molecular flexibility index (Phi) is 7.59. The van der Waals surface area contributed by atoms with Gasteiger partial charge in [-0.25, -0.2) is 4.98 Å². The van der Waals surface area contributed by atoms with Crippen LogP contribution in [0.4, 0.5) is 5.13 Å². The van der Waals surface area contributed by atoms with E-state index in [0.29, 0.717) is 6.54 Å².